The minimum atomic E-state index is -1.06. The molecular formula is C14H9FI2O3. The highest BCUT2D eigenvalue weighted by Gasteiger charge is 2.16. The third-order valence-electron chi connectivity index (χ3n) is 2.57. The van der Waals surface area contributed by atoms with Crippen molar-refractivity contribution in [3.8, 4) is 5.75 Å². The molecule has 0 atom stereocenters. The van der Waals surface area contributed by atoms with Gasteiger partial charge in [0.2, 0.25) is 0 Å². The molecule has 0 aromatic heterocycles. The topological polar surface area (TPSA) is 46.5 Å². The van der Waals surface area contributed by atoms with Gasteiger partial charge in [0.1, 0.15) is 23.7 Å². The van der Waals surface area contributed by atoms with Gasteiger partial charge < -0.3 is 9.84 Å². The molecule has 1 N–H and O–H groups in total. The lowest BCUT2D eigenvalue weighted by Gasteiger charge is -2.12. The van der Waals surface area contributed by atoms with E-state index in [0.717, 1.165) is 3.57 Å². The smallest absolute Gasteiger partial charge is 0.339 e. The van der Waals surface area contributed by atoms with Gasteiger partial charge in [0.25, 0.3) is 0 Å². The molecule has 2 aromatic rings. The number of benzene rings is 2. The second-order valence-corrected chi connectivity index (χ2v) is 6.36. The maximum Gasteiger partial charge on any atom is 0.339 e. The lowest BCUT2D eigenvalue weighted by atomic mass is 10.2. The van der Waals surface area contributed by atoms with Gasteiger partial charge in [-0.1, -0.05) is 18.2 Å². The lowest BCUT2D eigenvalue weighted by Crippen LogP contribution is -2.06. The van der Waals surface area contributed by atoms with Gasteiger partial charge >= 0.3 is 5.97 Å². The summed E-state index contributed by atoms with van der Waals surface area (Å²) in [6.45, 7) is -0.0104. The number of ether oxygens (including phenoxy) is 1. The fourth-order valence-corrected chi connectivity index (χ4v) is 3.63. The Morgan fingerprint density at radius 1 is 1.25 bits per heavy atom. The molecule has 0 spiro atoms. The van der Waals surface area contributed by atoms with Crippen molar-refractivity contribution >= 4 is 51.2 Å². The van der Waals surface area contributed by atoms with Crippen molar-refractivity contribution < 1.29 is 19.0 Å². The van der Waals surface area contributed by atoms with Crippen molar-refractivity contribution in [2.24, 2.45) is 0 Å². The third-order valence-corrected chi connectivity index (χ3v) is 3.99. The molecule has 0 unspecified atom stereocenters. The Kier molecular flexibility index (Phi) is 5.19. The first-order chi connectivity index (χ1) is 9.49. The fourth-order valence-electron chi connectivity index (χ4n) is 1.63. The van der Waals surface area contributed by atoms with Crippen LogP contribution in [0.5, 0.6) is 5.75 Å². The van der Waals surface area contributed by atoms with E-state index in [1.165, 1.54) is 12.1 Å². The molecule has 20 heavy (non-hydrogen) atoms. The van der Waals surface area contributed by atoms with Crippen LogP contribution < -0.4 is 4.74 Å². The van der Waals surface area contributed by atoms with Crippen LogP contribution in [0.3, 0.4) is 0 Å². The molecule has 3 nitrogen and oxygen atoms in total. The molecule has 0 bridgehead atoms. The summed E-state index contributed by atoms with van der Waals surface area (Å²) in [5, 5.41) is 9.21. The summed E-state index contributed by atoms with van der Waals surface area (Å²) in [5.41, 5.74) is 0.468. The van der Waals surface area contributed by atoms with Gasteiger partial charge in [0, 0.05) is 9.13 Å². The van der Waals surface area contributed by atoms with Crippen LogP contribution >= 0.6 is 45.2 Å². The monoisotopic (exact) mass is 498 g/mol. The zero-order chi connectivity index (χ0) is 14.7. The van der Waals surface area contributed by atoms with Crippen LogP contribution in [0.25, 0.3) is 0 Å². The highest BCUT2D eigenvalue weighted by atomic mass is 127. The molecule has 0 saturated heterocycles. The Balaban J connectivity index is 2.30. The summed E-state index contributed by atoms with van der Waals surface area (Å²) >= 11 is 4.05. The van der Waals surface area contributed by atoms with Crippen LogP contribution in [0.2, 0.25) is 0 Å². The Labute approximate surface area is 142 Å². The quantitative estimate of drug-likeness (QED) is 0.640. The van der Waals surface area contributed by atoms with Crippen LogP contribution in [0.1, 0.15) is 15.9 Å². The lowest BCUT2D eigenvalue weighted by molar-refractivity contribution is 0.0691. The summed E-state index contributed by atoms with van der Waals surface area (Å²) in [7, 11) is 0. The van der Waals surface area contributed by atoms with Crippen molar-refractivity contribution in [1.29, 1.82) is 0 Å². The average molecular weight is 498 g/mol. The number of hydrogen-bond acceptors (Lipinski definition) is 2. The molecular weight excluding hydrogens is 489 g/mol. The molecule has 0 fully saturated rings. The van der Waals surface area contributed by atoms with E-state index in [4.69, 9.17) is 4.74 Å². The molecule has 0 heterocycles. The van der Waals surface area contributed by atoms with E-state index in [1.807, 2.05) is 51.2 Å². The zero-order valence-electron chi connectivity index (χ0n) is 10.1. The number of aromatic carboxylic acids is 1. The molecule has 0 amide bonds. The summed E-state index contributed by atoms with van der Waals surface area (Å²) < 4.78 is 20.5. The number of rotatable bonds is 4. The van der Waals surface area contributed by atoms with Crippen molar-refractivity contribution in [3.05, 3.63) is 60.5 Å². The second kappa shape index (κ2) is 6.70. The third kappa shape index (κ3) is 3.60. The van der Waals surface area contributed by atoms with E-state index in [-0.39, 0.29) is 23.7 Å². The summed E-state index contributed by atoms with van der Waals surface area (Å²) in [5.74, 6) is -1.17. The first-order valence-electron chi connectivity index (χ1n) is 5.57. The largest absolute Gasteiger partial charge is 0.487 e. The van der Waals surface area contributed by atoms with Gasteiger partial charge in [-0.3, -0.25) is 0 Å². The first kappa shape index (κ1) is 15.5. The molecule has 0 saturated carbocycles. The molecule has 2 rings (SSSR count). The van der Waals surface area contributed by atoms with Gasteiger partial charge in [-0.15, -0.1) is 0 Å². The van der Waals surface area contributed by atoms with Crippen LogP contribution in [0.15, 0.2) is 36.4 Å². The van der Waals surface area contributed by atoms with Gasteiger partial charge in [-0.25, -0.2) is 9.18 Å². The van der Waals surface area contributed by atoms with E-state index >= 15 is 0 Å². The van der Waals surface area contributed by atoms with E-state index < -0.39 is 5.97 Å². The summed E-state index contributed by atoms with van der Waals surface area (Å²) in [4.78, 5) is 11.2. The van der Waals surface area contributed by atoms with Crippen LogP contribution in [-0.4, -0.2) is 11.1 Å². The Morgan fingerprint density at radius 3 is 2.60 bits per heavy atom. The van der Waals surface area contributed by atoms with Crippen LogP contribution in [0, 0.1) is 13.0 Å². The van der Waals surface area contributed by atoms with Gasteiger partial charge in [0.15, 0.2) is 0 Å². The van der Waals surface area contributed by atoms with Gasteiger partial charge in [0.05, 0.1) is 3.57 Å². The molecule has 2 aromatic carbocycles. The number of carboxylic acid groups (broad SMARTS) is 1. The van der Waals surface area contributed by atoms with Crippen molar-refractivity contribution in [3.63, 3.8) is 0 Å². The Hall–Kier alpha value is -0.900. The Morgan fingerprint density at radius 2 is 1.95 bits per heavy atom. The van der Waals surface area contributed by atoms with Crippen LogP contribution in [0.4, 0.5) is 4.39 Å². The maximum atomic E-state index is 13.5. The Bertz CT molecular complexity index is 659. The average Bonchev–Trinajstić information content (AvgIpc) is 2.38. The molecule has 0 aliphatic heterocycles. The van der Waals surface area contributed by atoms with Crippen LogP contribution in [-0.2, 0) is 6.61 Å². The number of hydrogen-bond donors (Lipinski definition) is 1. The van der Waals surface area contributed by atoms with E-state index in [0.29, 0.717) is 9.13 Å². The first-order valence-corrected chi connectivity index (χ1v) is 7.73. The number of carboxylic acids is 1. The van der Waals surface area contributed by atoms with E-state index in [2.05, 4.69) is 0 Å². The molecule has 104 valence electrons. The predicted molar refractivity (Wildman–Crippen MR) is 89.6 cm³/mol. The normalized spacial score (nSPS) is 10.3. The number of carbonyl (C=O) groups is 1. The maximum absolute atomic E-state index is 13.5. The second-order valence-electron chi connectivity index (χ2n) is 3.95. The van der Waals surface area contributed by atoms with Gasteiger partial charge in [-0.2, -0.15) is 0 Å². The summed E-state index contributed by atoms with van der Waals surface area (Å²) in [6.07, 6.45) is 0. The van der Waals surface area contributed by atoms with E-state index in [1.54, 1.807) is 18.2 Å². The minimum absolute atomic E-state index is 0.0104. The molecule has 0 aliphatic rings. The summed E-state index contributed by atoms with van der Waals surface area (Å²) in [6, 6.07) is 9.59. The van der Waals surface area contributed by atoms with Crippen molar-refractivity contribution in [2.75, 3.05) is 0 Å². The van der Waals surface area contributed by atoms with Crippen molar-refractivity contribution in [1.82, 2.24) is 0 Å². The SMILES string of the molecule is O=C(O)c1cc(I)cc(I)c1OCc1ccccc1F. The molecule has 0 aliphatic carbocycles. The fraction of sp³-hybridized carbons (Fsp3) is 0.0714. The van der Waals surface area contributed by atoms with Gasteiger partial charge in [-0.05, 0) is 63.4 Å². The predicted octanol–water partition coefficient (Wildman–Crippen LogP) is 4.31. The molecule has 0 radical (unpaired) electrons. The highest BCUT2D eigenvalue weighted by Crippen LogP contribution is 2.29. The van der Waals surface area contributed by atoms with Crippen molar-refractivity contribution in [2.45, 2.75) is 6.61 Å². The molecule has 6 heteroatoms. The van der Waals surface area contributed by atoms with E-state index in [9.17, 15) is 14.3 Å². The standard InChI is InChI=1S/C14H9FI2O3/c15-11-4-2-1-3-8(11)7-20-13-10(14(18)19)5-9(16)6-12(13)17/h1-6H,7H2,(H,18,19). The number of halogens is 3. The minimum Gasteiger partial charge on any atom is -0.487 e. The highest BCUT2D eigenvalue weighted by molar-refractivity contribution is 14.1. The zero-order valence-corrected chi connectivity index (χ0v) is 14.4.